The van der Waals surface area contributed by atoms with Crippen LogP contribution in [0.15, 0.2) is 11.2 Å². The molecule has 0 bridgehead atoms. The van der Waals surface area contributed by atoms with Gasteiger partial charge in [-0.15, -0.1) is 0 Å². The lowest BCUT2D eigenvalue weighted by Crippen LogP contribution is -2.11. The standard InChI is InChI=1S/C10H17N2O4P/c1-4-14-17(13,15-5-2)9(6-11)10-12-7-8(3)16-10/h8,12H,4-5,7H2,1-3H3/b10-9-. The molecule has 0 spiro atoms. The molecule has 0 aliphatic carbocycles. The maximum Gasteiger partial charge on any atom is 0.377 e. The summed E-state index contributed by atoms with van der Waals surface area (Å²) in [6.45, 7) is 6.20. The van der Waals surface area contributed by atoms with Gasteiger partial charge in [0.1, 0.15) is 12.2 Å². The normalized spacial score (nSPS) is 22.6. The molecule has 17 heavy (non-hydrogen) atoms. The van der Waals surface area contributed by atoms with Crippen LogP contribution >= 0.6 is 7.60 Å². The van der Waals surface area contributed by atoms with Crippen molar-refractivity contribution >= 4 is 7.60 Å². The van der Waals surface area contributed by atoms with Crippen molar-refractivity contribution in [3.05, 3.63) is 11.2 Å². The molecule has 6 nitrogen and oxygen atoms in total. The van der Waals surface area contributed by atoms with E-state index in [4.69, 9.17) is 19.0 Å². The van der Waals surface area contributed by atoms with Gasteiger partial charge in [0.05, 0.1) is 19.8 Å². The first-order valence-electron chi connectivity index (χ1n) is 5.52. The fourth-order valence-electron chi connectivity index (χ4n) is 1.40. The Hall–Kier alpha value is -1.02. The predicted molar refractivity (Wildman–Crippen MR) is 62.0 cm³/mol. The van der Waals surface area contributed by atoms with Gasteiger partial charge in [-0.2, -0.15) is 5.26 Å². The van der Waals surface area contributed by atoms with Gasteiger partial charge in [-0.1, -0.05) is 0 Å². The summed E-state index contributed by atoms with van der Waals surface area (Å²) in [4.78, 5) is 0. The van der Waals surface area contributed by atoms with Crippen LogP contribution in [0.2, 0.25) is 0 Å². The van der Waals surface area contributed by atoms with Crippen LogP contribution in [0.3, 0.4) is 0 Å². The van der Waals surface area contributed by atoms with E-state index in [1.54, 1.807) is 13.8 Å². The van der Waals surface area contributed by atoms with Gasteiger partial charge in [-0.3, -0.25) is 4.57 Å². The average Bonchev–Trinajstić information content (AvgIpc) is 2.66. The van der Waals surface area contributed by atoms with E-state index in [9.17, 15) is 4.57 Å². The number of rotatable bonds is 5. The molecule has 0 aromatic carbocycles. The molecule has 0 aromatic heterocycles. The first-order chi connectivity index (χ1) is 8.07. The van der Waals surface area contributed by atoms with Crippen LogP contribution in [0.1, 0.15) is 20.8 Å². The van der Waals surface area contributed by atoms with Crippen LogP contribution < -0.4 is 5.32 Å². The molecule has 1 atom stereocenters. The fourth-order valence-corrected chi connectivity index (χ4v) is 2.92. The zero-order chi connectivity index (χ0) is 12.9. The molecule has 0 aromatic rings. The quantitative estimate of drug-likeness (QED) is 0.601. The molecule has 7 heteroatoms. The van der Waals surface area contributed by atoms with Crippen molar-refractivity contribution in [2.24, 2.45) is 0 Å². The fraction of sp³-hybridized carbons (Fsp3) is 0.700. The third-order valence-electron chi connectivity index (χ3n) is 2.06. The van der Waals surface area contributed by atoms with E-state index < -0.39 is 7.60 Å². The number of allylic oxidation sites excluding steroid dienone is 1. The summed E-state index contributed by atoms with van der Waals surface area (Å²) in [5, 5.41) is 11.9. The minimum Gasteiger partial charge on any atom is -0.473 e. The Morgan fingerprint density at radius 1 is 1.59 bits per heavy atom. The van der Waals surface area contributed by atoms with Gasteiger partial charge < -0.3 is 19.1 Å². The van der Waals surface area contributed by atoms with Crippen LogP contribution in [0.4, 0.5) is 0 Å². The van der Waals surface area contributed by atoms with Gasteiger partial charge >= 0.3 is 7.60 Å². The second kappa shape index (κ2) is 6.06. The summed E-state index contributed by atoms with van der Waals surface area (Å²) in [5.41, 5.74) is 0. The molecular weight excluding hydrogens is 243 g/mol. The highest BCUT2D eigenvalue weighted by Gasteiger charge is 2.36. The molecule has 1 aliphatic heterocycles. The van der Waals surface area contributed by atoms with Crippen molar-refractivity contribution < 1.29 is 18.3 Å². The SMILES string of the molecule is CCOP(=O)(OCC)/C(C#N)=C1/NCC(C)O1. The average molecular weight is 260 g/mol. The van der Waals surface area contributed by atoms with Gasteiger partial charge in [0.15, 0.2) is 0 Å². The largest absolute Gasteiger partial charge is 0.473 e. The number of hydrogen-bond acceptors (Lipinski definition) is 6. The Balaban J connectivity index is 3.06. The number of ether oxygens (including phenoxy) is 1. The van der Waals surface area contributed by atoms with Crippen LogP contribution in [0.5, 0.6) is 0 Å². The molecule has 0 saturated carbocycles. The summed E-state index contributed by atoms with van der Waals surface area (Å²) in [6, 6.07) is 1.85. The van der Waals surface area contributed by atoms with E-state index in [0.717, 1.165) is 0 Å². The highest BCUT2D eigenvalue weighted by atomic mass is 31.2. The summed E-state index contributed by atoms with van der Waals surface area (Å²) in [5.74, 6) is 0.199. The molecule has 1 fully saturated rings. The molecule has 0 amide bonds. The maximum absolute atomic E-state index is 12.4. The summed E-state index contributed by atoms with van der Waals surface area (Å²) >= 11 is 0. The molecule has 1 saturated heterocycles. The Bertz CT molecular complexity index is 378. The van der Waals surface area contributed by atoms with Gasteiger partial charge in [0.25, 0.3) is 0 Å². The first-order valence-corrected chi connectivity index (χ1v) is 7.06. The van der Waals surface area contributed by atoms with Gasteiger partial charge in [-0.25, -0.2) is 0 Å². The van der Waals surface area contributed by atoms with Crippen LogP contribution in [-0.2, 0) is 18.3 Å². The Labute approximate surface area is 101 Å². The van der Waals surface area contributed by atoms with Crippen molar-refractivity contribution in [1.82, 2.24) is 5.32 Å². The number of nitriles is 1. The monoisotopic (exact) mass is 260 g/mol. The van der Waals surface area contributed by atoms with Crippen molar-refractivity contribution in [3.63, 3.8) is 0 Å². The molecule has 1 aliphatic rings. The highest BCUT2D eigenvalue weighted by Crippen LogP contribution is 2.56. The van der Waals surface area contributed by atoms with Crippen molar-refractivity contribution in [2.45, 2.75) is 26.9 Å². The zero-order valence-corrected chi connectivity index (χ0v) is 11.1. The van der Waals surface area contributed by atoms with E-state index in [1.807, 2.05) is 13.0 Å². The molecule has 1 N–H and O–H groups in total. The predicted octanol–water partition coefficient (Wildman–Crippen LogP) is 1.95. The maximum atomic E-state index is 12.4. The second-order valence-electron chi connectivity index (χ2n) is 3.43. The van der Waals surface area contributed by atoms with Crippen LogP contribution in [0.25, 0.3) is 0 Å². The lowest BCUT2D eigenvalue weighted by molar-refractivity contribution is 0.180. The Morgan fingerprint density at radius 2 is 2.18 bits per heavy atom. The minimum absolute atomic E-state index is 0.0648. The number of nitrogens with zero attached hydrogens (tertiary/aromatic N) is 1. The highest BCUT2D eigenvalue weighted by molar-refractivity contribution is 7.58. The van der Waals surface area contributed by atoms with E-state index in [2.05, 4.69) is 5.32 Å². The zero-order valence-electron chi connectivity index (χ0n) is 10.2. The van der Waals surface area contributed by atoms with E-state index in [-0.39, 0.29) is 30.5 Å². The third kappa shape index (κ3) is 3.22. The van der Waals surface area contributed by atoms with E-state index in [0.29, 0.717) is 6.54 Å². The topological polar surface area (TPSA) is 80.6 Å². The Kier molecular flexibility index (Phi) is 5.01. The van der Waals surface area contributed by atoms with Gasteiger partial charge in [0, 0.05) is 0 Å². The second-order valence-corrected chi connectivity index (χ2v) is 5.39. The van der Waals surface area contributed by atoms with Crippen molar-refractivity contribution in [1.29, 1.82) is 5.26 Å². The lowest BCUT2D eigenvalue weighted by atomic mass is 10.4. The summed E-state index contributed by atoms with van der Waals surface area (Å²) < 4.78 is 28.0. The smallest absolute Gasteiger partial charge is 0.377 e. The Morgan fingerprint density at radius 3 is 2.53 bits per heavy atom. The van der Waals surface area contributed by atoms with Crippen molar-refractivity contribution in [2.75, 3.05) is 19.8 Å². The minimum atomic E-state index is -3.57. The van der Waals surface area contributed by atoms with Gasteiger partial charge in [-0.05, 0) is 20.8 Å². The molecule has 96 valence electrons. The van der Waals surface area contributed by atoms with Crippen LogP contribution in [0, 0.1) is 11.3 Å². The van der Waals surface area contributed by atoms with Crippen LogP contribution in [-0.4, -0.2) is 25.9 Å². The van der Waals surface area contributed by atoms with E-state index >= 15 is 0 Å². The number of nitrogens with one attached hydrogen (secondary N) is 1. The molecule has 1 heterocycles. The molecular formula is C10H17N2O4P. The summed E-state index contributed by atoms with van der Waals surface area (Å²) in [7, 11) is -3.57. The lowest BCUT2D eigenvalue weighted by Gasteiger charge is -2.17. The van der Waals surface area contributed by atoms with Gasteiger partial charge in [0.2, 0.25) is 11.2 Å². The molecule has 0 radical (unpaired) electrons. The van der Waals surface area contributed by atoms with Crippen molar-refractivity contribution in [3.8, 4) is 6.07 Å². The summed E-state index contributed by atoms with van der Waals surface area (Å²) in [6.07, 6.45) is -0.0648. The number of hydrogen-bond donors (Lipinski definition) is 1. The molecule has 1 unspecified atom stereocenters. The first kappa shape index (κ1) is 14.0. The third-order valence-corrected chi connectivity index (χ3v) is 4.11. The molecule has 1 rings (SSSR count). The van der Waals surface area contributed by atoms with E-state index in [1.165, 1.54) is 0 Å².